The molecule has 23 heavy (non-hydrogen) atoms. The van der Waals surface area contributed by atoms with Crippen molar-refractivity contribution in [3.05, 3.63) is 42.6 Å². The summed E-state index contributed by atoms with van der Waals surface area (Å²) in [6.07, 6.45) is 1.64. The lowest BCUT2D eigenvalue weighted by atomic mass is 10.2. The number of H-pyrrole nitrogens is 1. The Labute approximate surface area is 132 Å². The number of benzene rings is 2. The normalized spacial score (nSPS) is 13.9. The summed E-state index contributed by atoms with van der Waals surface area (Å²) in [4.78, 5) is 0.110. The van der Waals surface area contributed by atoms with Gasteiger partial charge < -0.3 is 9.47 Å². The molecule has 2 heterocycles. The summed E-state index contributed by atoms with van der Waals surface area (Å²) >= 11 is 0. The number of aromatic amines is 1. The van der Waals surface area contributed by atoms with E-state index in [0.717, 1.165) is 5.39 Å². The van der Waals surface area contributed by atoms with Crippen molar-refractivity contribution in [1.82, 2.24) is 10.2 Å². The summed E-state index contributed by atoms with van der Waals surface area (Å²) in [6.45, 7) is 0.858. The first-order chi connectivity index (χ1) is 11.1. The molecular formula is C15H13N3O4S. The maximum atomic E-state index is 12.6. The van der Waals surface area contributed by atoms with Crippen molar-refractivity contribution < 1.29 is 17.9 Å². The maximum Gasteiger partial charge on any atom is 0.262 e. The molecular weight excluding hydrogens is 318 g/mol. The van der Waals surface area contributed by atoms with Crippen LogP contribution in [0.3, 0.4) is 0 Å². The van der Waals surface area contributed by atoms with E-state index in [1.807, 2.05) is 6.07 Å². The van der Waals surface area contributed by atoms with Crippen LogP contribution < -0.4 is 14.2 Å². The highest BCUT2D eigenvalue weighted by Gasteiger charge is 2.20. The van der Waals surface area contributed by atoms with Crippen molar-refractivity contribution >= 4 is 26.6 Å². The number of anilines is 1. The molecule has 1 aliphatic heterocycles. The van der Waals surface area contributed by atoms with E-state index in [9.17, 15) is 8.42 Å². The van der Waals surface area contributed by atoms with E-state index in [0.29, 0.717) is 35.9 Å². The molecule has 1 aliphatic rings. The van der Waals surface area contributed by atoms with Crippen molar-refractivity contribution in [3.8, 4) is 11.5 Å². The minimum atomic E-state index is -3.75. The predicted molar refractivity (Wildman–Crippen MR) is 84.3 cm³/mol. The van der Waals surface area contributed by atoms with E-state index < -0.39 is 10.0 Å². The quantitative estimate of drug-likeness (QED) is 0.767. The fourth-order valence-electron chi connectivity index (χ4n) is 2.45. The summed E-state index contributed by atoms with van der Waals surface area (Å²) in [7, 11) is -3.75. The first kappa shape index (κ1) is 13.9. The van der Waals surface area contributed by atoms with Gasteiger partial charge >= 0.3 is 0 Å². The molecule has 2 aromatic carbocycles. The number of nitrogens with one attached hydrogen (secondary N) is 2. The first-order valence-electron chi connectivity index (χ1n) is 6.98. The van der Waals surface area contributed by atoms with Gasteiger partial charge in [0.1, 0.15) is 13.2 Å². The molecule has 0 spiro atoms. The number of fused-ring (bicyclic) bond motifs is 2. The van der Waals surface area contributed by atoms with Crippen LogP contribution in [0.25, 0.3) is 10.9 Å². The number of rotatable bonds is 3. The van der Waals surface area contributed by atoms with E-state index >= 15 is 0 Å². The van der Waals surface area contributed by atoms with Crippen LogP contribution in [0.2, 0.25) is 0 Å². The maximum absolute atomic E-state index is 12.6. The van der Waals surface area contributed by atoms with Gasteiger partial charge in [0.25, 0.3) is 10.0 Å². The summed E-state index contributed by atoms with van der Waals surface area (Å²) in [6, 6.07) is 9.84. The Morgan fingerprint density at radius 1 is 1.09 bits per heavy atom. The molecule has 0 radical (unpaired) electrons. The molecule has 8 heteroatoms. The lowest BCUT2D eigenvalue weighted by molar-refractivity contribution is 0.171. The molecule has 0 aliphatic carbocycles. The second-order valence-electron chi connectivity index (χ2n) is 5.05. The van der Waals surface area contributed by atoms with Gasteiger partial charge in [-0.1, -0.05) is 12.1 Å². The van der Waals surface area contributed by atoms with Gasteiger partial charge in [-0.25, -0.2) is 8.42 Å². The molecule has 0 saturated carbocycles. The van der Waals surface area contributed by atoms with E-state index in [4.69, 9.17) is 9.47 Å². The van der Waals surface area contributed by atoms with Crippen LogP contribution in [0.1, 0.15) is 0 Å². The van der Waals surface area contributed by atoms with Crippen molar-refractivity contribution in [2.45, 2.75) is 4.90 Å². The van der Waals surface area contributed by atoms with Gasteiger partial charge in [-0.2, -0.15) is 5.10 Å². The van der Waals surface area contributed by atoms with E-state index in [1.165, 1.54) is 12.1 Å². The number of para-hydroxylation sites is 1. The summed E-state index contributed by atoms with van der Waals surface area (Å²) in [5, 5.41) is 7.54. The molecule has 0 bridgehead atoms. The molecule has 7 nitrogen and oxygen atoms in total. The van der Waals surface area contributed by atoms with Crippen molar-refractivity contribution in [1.29, 1.82) is 0 Å². The zero-order valence-electron chi connectivity index (χ0n) is 11.9. The molecule has 3 aromatic rings. The number of aromatic nitrogens is 2. The summed E-state index contributed by atoms with van der Waals surface area (Å²) < 4.78 is 38.6. The van der Waals surface area contributed by atoms with Crippen LogP contribution in [0.5, 0.6) is 11.5 Å². The van der Waals surface area contributed by atoms with Crippen LogP contribution in [0, 0.1) is 0 Å². The Balaban J connectivity index is 1.72. The molecule has 0 fully saturated rings. The third-order valence-electron chi connectivity index (χ3n) is 3.54. The molecule has 1 aromatic heterocycles. The summed E-state index contributed by atoms with van der Waals surface area (Å²) in [5.41, 5.74) is 1.07. The highest BCUT2D eigenvalue weighted by molar-refractivity contribution is 7.92. The second kappa shape index (κ2) is 5.17. The fourth-order valence-corrected chi connectivity index (χ4v) is 3.54. The molecule has 0 atom stereocenters. The average Bonchev–Trinajstić information content (AvgIpc) is 3.04. The van der Waals surface area contributed by atoms with Gasteiger partial charge in [-0.05, 0) is 18.2 Å². The molecule has 2 N–H and O–H groups in total. The van der Waals surface area contributed by atoms with Crippen molar-refractivity contribution in [2.24, 2.45) is 0 Å². The second-order valence-corrected chi connectivity index (χ2v) is 6.73. The van der Waals surface area contributed by atoms with Gasteiger partial charge in [-0.15, -0.1) is 0 Å². The molecule has 0 unspecified atom stereocenters. The first-order valence-corrected chi connectivity index (χ1v) is 8.46. The molecule has 0 amide bonds. The highest BCUT2D eigenvalue weighted by Crippen LogP contribution is 2.33. The van der Waals surface area contributed by atoms with Crippen LogP contribution in [-0.4, -0.2) is 31.8 Å². The Bertz CT molecular complexity index is 981. The largest absolute Gasteiger partial charge is 0.486 e. The SMILES string of the molecule is O=S(=O)(Nc1cccc2cn[nH]c12)c1ccc2c(c1)OCCO2. The van der Waals surface area contributed by atoms with Crippen LogP contribution >= 0.6 is 0 Å². The molecule has 118 valence electrons. The average molecular weight is 331 g/mol. The van der Waals surface area contributed by atoms with Crippen LogP contribution in [-0.2, 0) is 10.0 Å². The van der Waals surface area contributed by atoms with E-state index in [-0.39, 0.29) is 4.90 Å². The Morgan fingerprint density at radius 2 is 1.91 bits per heavy atom. The van der Waals surface area contributed by atoms with Gasteiger partial charge in [0.05, 0.1) is 22.3 Å². The standard InChI is InChI=1S/C15H13N3O4S/c19-23(20,11-4-5-13-14(8-11)22-7-6-21-13)18-12-3-1-2-10-9-16-17-15(10)12/h1-5,8-9,18H,6-7H2,(H,16,17). The number of hydrogen-bond acceptors (Lipinski definition) is 5. The van der Waals surface area contributed by atoms with Crippen molar-refractivity contribution in [2.75, 3.05) is 17.9 Å². The minimum absolute atomic E-state index is 0.110. The van der Waals surface area contributed by atoms with Gasteiger partial charge in [0, 0.05) is 11.5 Å². The Hall–Kier alpha value is -2.74. The minimum Gasteiger partial charge on any atom is -0.486 e. The van der Waals surface area contributed by atoms with Gasteiger partial charge in [0.2, 0.25) is 0 Å². The van der Waals surface area contributed by atoms with Gasteiger partial charge in [-0.3, -0.25) is 9.82 Å². The third kappa shape index (κ3) is 2.46. The van der Waals surface area contributed by atoms with Crippen LogP contribution in [0.4, 0.5) is 5.69 Å². The highest BCUT2D eigenvalue weighted by atomic mass is 32.2. The topological polar surface area (TPSA) is 93.3 Å². The number of sulfonamides is 1. The van der Waals surface area contributed by atoms with Crippen molar-refractivity contribution in [3.63, 3.8) is 0 Å². The molecule has 0 saturated heterocycles. The zero-order valence-corrected chi connectivity index (χ0v) is 12.8. The fraction of sp³-hybridized carbons (Fsp3) is 0.133. The zero-order chi connectivity index (χ0) is 15.9. The lowest BCUT2D eigenvalue weighted by Crippen LogP contribution is -2.17. The third-order valence-corrected chi connectivity index (χ3v) is 4.91. The monoisotopic (exact) mass is 331 g/mol. The smallest absolute Gasteiger partial charge is 0.262 e. The van der Waals surface area contributed by atoms with Gasteiger partial charge in [0.15, 0.2) is 11.5 Å². The lowest BCUT2D eigenvalue weighted by Gasteiger charge is -2.19. The van der Waals surface area contributed by atoms with E-state index in [1.54, 1.807) is 24.4 Å². The Morgan fingerprint density at radius 3 is 2.78 bits per heavy atom. The summed E-state index contributed by atoms with van der Waals surface area (Å²) in [5.74, 6) is 0.977. The molecule has 4 rings (SSSR count). The predicted octanol–water partition coefficient (Wildman–Crippen LogP) is 2.13. The number of nitrogens with zero attached hydrogens (tertiary/aromatic N) is 1. The van der Waals surface area contributed by atoms with E-state index in [2.05, 4.69) is 14.9 Å². The van der Waals surface area contributed by atoms with Crippen LogP contribution in [0.15, 0.2) is 47.5 Å². The Kier molecular flexibility index (Phi) is 3.12. The number of ether oxygens (including phenoxy) is 2. The number of hydrogen-bond donors (Lipinski definition) is 2.